The van der Waals surface area contributed by atoms with Gasteiger partial charge in [0, 0.05) is 37.8 Å². The van der Waals surface area contributed by atoms with E-state index in [1.807, 2.05) is 34.1 Å². The van der Waals surface area contributed by atoms with Crippen LogP contribution in [0.3, 0.4) is 0 Å². The van der Waals surface area contributed by atoms with E-state index in [4.69, 9.17) is 16.3 Å². The summed E-state index contributed by atoms with van der Waals surface area (Å²) in [5.74, 6) is 0.297. The van der Waals surface area contributed by atoms with E-state index in [-0.39, 0.29) is 17.9 Å². The Labute approximate surface area is 172 Å². The van der Waals surface area contributed by atoms with E-state index in [1.54, 1.807) is 0 Å². The second-order valence-corrected chi connectivity index (χ2v) is 8.71. The lowest BCUT2D eigenvalue weighted by Crippen LogP contribution is -2.57. The number of rotatable bonds is 3. The van der Waals surface area contributed by atoms with Crippen molar-refractivity contribution in [2.75, 3.05) is 32.8 Å². The van der Waals surface area contributed by atoms with Gasteiger partial charge in [0.15, 0.2) is 0 Å². The molecule has 2 amide bonds. The number of benzene rings is 1. The zero-order valence-electron chi connectivity index (χ0n) is 16.4. The minimum atomic E-state index is -0.468. The lowest BCUT2D eigenvalue weighted by atomic mass is 9.68. The molecule has 2 heterocycles. The second kappa shape index (κ2) is 8.42. The zero-order valence-corrected chi connectivity index (χ0v) is 17.1. The van der Waals surface area contributed by atoms with Gasteiger partial charge in [0.25, 0.3) is 5.91 Å². The molecule has 1 saturated carbocycles. The molecule has 5 nitrogen and oxygen atoms in total. The van der Waals surface area contributed by atoms with Gasteiger partial charge in [-0.2, -0.15) is 0 Å². The summed E-state index contributed by atoms with van der Waals surface area (Å²) in [6.07, 6.45) is 6.55. The predicted octanol–water partition coefficient (Wildman–Crippen LogP) is 3.39. The van der Waals surface area contributed by atoms with Crippen molar-refractivity contribution in [3.8, 4) is 0 Å². The molecule has 1 unspecified atom stereocenters. The summed E-state index contributed by atoms with van der Waals surface area (Å²) in [6, 6.07) is 7.81. The average molecular weight is 405 g/mol. The van der Waals surface area contributed by atoms with Gasteiger partial charge in [-0.25, -0.2) is 0 Å². The molecular weight excluding hydrogens is 376 g/mol. The van der Waals surface area contributed by atoms with Crippen LogP contribution in [0.25, 0.3) is 0 Å². The Morgan fingerprint density at radius 2 is 1.71 bits per heavy atom. The molecule has 1 aromatic carbocycles. The highest BCUT2D eigenvalue weighted by molar-refractivity contribution is 6.30. The van der Waals surface area contributed by atoms with Crippen molar-refractivity contribution in [2.24, 2.45) is 0 Å². The quantitative estimate of drug-likeness (QED) is 0.775. The van der Waals surface area contributed by atoms with Crippen LogP contribution in [0.5, 0.6) is 0 Å². The first-order valence-corrected chi connectivity index (χ1v) is 10.9. The minimum absolute atomic E-state index is 0.0896. The highest BCUT2D eigenvalue weighted by Gasteiger charge is 2.44. The van der Waals surface area contributed by atoms with Crippen molar-refractivity contribution < 1.29 is 14.3 Å². The maximum atomic E-state index is 13.7. The molecule has 1 aliphatic carbocycles. The van der Waals surface area contributed by atoms with Crippen molar-refractivity contribution in [1.82, 2.24) is 9.80 Å². The highest BCUT2D eigenvalue weighted by Crippen LogP contribution is 2.42. The molecule has 0 N–H and O–H groups in total. The Kier molecular flexibility index (Phi) is 5.93. The second-order valence-electron chi connectivity index (χ2n) is 8.27. The van der Waals surface area contributed by atoms with Gasteiger partial charge in [-0.15, -0.1) is 0 Å². The highest BCUT2D eigenvalue weighted by atomic mass is 35.5. The lowest BCUT2D eigenvalue weighted by Gasteiger charge is -2.43. The number of ether oxygens (including phenoxy) is 1. The molecule has 0 aromatic heterocycles. The van der Waals surface area contributed by atoms with Crippen molar-refractivity contribution in [3.05, 3.63) is 34.9 Å². The monoisotopic (exact) mass is 404 g/mol. The molecule has 2 aliphatic heterocycles. The Balaban J connectivity index is 1.47. The van der Waals surface area contributed by atoms with Crippen molar-refractivity contribution in [3.63, 3.8) is 0 Å². The van der Waals surface area contributed by atoms with Crippen LogP contribution in [0.2, 0.25) is 5.02 Å². The third kappa shape index (κ3) is 3.79. The lowest BCUT2D eigenvalue weighted by molar-refractivity contribution is -0.148. The Bertz CT molecular complexity index is 718. The van der Waals surface area contributed by atoms with Gasteiger partial charge in [-0.05, 0) is 43.4 Å². The fourth-order valence-electron chi connectivity index (χ4n) is 4.98. The van der Waals surface area contributed by atoms with E-state index in [2.05, 4.69) is 0 Å². The van der Waals surface area contributed by atoms with Gasteiger partial charge < -0.3 is 14.5 Å². The standard InChI is InChI=1S/C22H29ClN2O3/c23-18-7-4-6-17(16-18)22(9-2-1-3-10-22)21(27)25-13-11-24(12-14-25)20(26)19-8-5-15-28-19/h4,6-7,16,19H,1-3,5,8-15H2. The van der Waals surface area contributed by atoms with Crippen LogP contribution in [0.15, 0.2) is 24.3 Å². The number of halogens is 1. The molecule has 0 spiro atoms. The summed E-state index contributed by atoms with van der Waals surface area (Å²) in [6.45, 7) is 3.06. The number of carbonyl (C=O) groups is 2. The molecule has 28 heavy (non-hydrogen) atoms. The molecule has 6 heteroatoms. The van der Waals surface area contributed by atoms with Crippen molar-refractivity contribution in [2.45, 2.75) is 56.5 Å². The van der Waals surface area contributed by atoms with Crippen LogP contribution in [0, 0.1) is 0 Å². The fourth-order valence-corrected chi connectivity index (χ4v) is 5.17. The number of nitrogens with zero attached hydrogens (tertiary/aromatic N) is 2. The maximum absolute atomic E-state index is 13.7. The van der Waals surface area contributed by atoms with Crippen LogP contribution in [-0.2, 0) is 19.7 Å². The van der Waals surface area contributed by atoms with Crippen molar-refractivity contribution >= 4 is 23.4 Å². The van der Waals surface area contributed by atoms with E-state index in [0.29, 0.717) is 37.8 Å². The number of piperazine rings is 1. The molecule has 1 atom stereocenters. The van der Waals surface area contributed by atoms with E-state index >= 15 is 0 Å². The van der Waals surface area contributed by atoms with Gasteiger partial charge >= 0.3 is 0 Å². The summed E-state index contributed by atoms with van der Waals surface area (Å²) in [7, 11) is 0. The molecule has 0 bridgehead atoms. The average Bonchev–Trinajstić information content (AvgIpc) is 3.28. The molecular formula is C22H29ClN2O3. The molecule has 3 aliphatic rings. The molecule has 2 saturated heterocycles. The summed E-state index contributed by atoms with van der Waals surface area (Å²) in [4.78, 5) is 30.1. The normalized spacial score (nSPS) is 25.0. The summed E-state index contributed by atoms with van der Waals surface area (Å²) < 4.78 is 5.54. The molecule has 3 fully saturated rings. The Morgan fingerprint density at radius 3 is 2.36 bits per heavy atom. The number of carbonyl (C=O) groups excluding carboxylic acids is 2. The number of amides is 2. The van der Waals surface area contributed by atoms with Gasteiger partial charge in [0.1, 0.15) is 6.10 Å². The van der Waals surface area contributed by atoms with Gasteiger partial charge in [-0.1, -0.05) is 43.0 Å². The van der Waals surface area contributed by atoms with E-state index in [1.165, 1.54) is 6.42 Å². The SMILES string of the molecule is O=C(C1CCCO1)N1CCN(C(=O)C2(c3cccc(Cl)c3)CCCCC2)CC1. The summed E-state index contributed by atoms with van der Waals surface area (Å²) in [5, 5.41) is 0.683. The predicted molar refractivity (Wildman–Crippen MR) is 108 cm³/mol. The van der Waals surface area contributed by atoms with Crippen LogP contribution >= 0.6 is 11.6 Å². The molecule has 4 rings (SSSR count). The third-order valence-electron chi connectivity index (χ3n) is 6.58. The molecule has 0 radical (unpaired) electrons. The van der Waals surface area contributed by atoms with Crippen LogP contribution in [-0.4, -0.2) is 60.5 Å². The summed E-state index contributed by atoms with van der Waals surface area (Å²) >= 11 is 6.25. The van der Waals surface area contributed by atoms with Crippen molar-refractivity contribution in [1.29, 1.82) is 0 Å². The van der Waals surface area contributed by atoms with E-state index in [9.17, 15) is 9.59 Å². The fraction of sp³-hybridized carbons (Fsp3) is 0.636. The third-order valence-corrected chi connectivity index (χ3v) is 6.81. The van der Waals surface area contributed by atoms with Crippen LogP contribution in [0.4, 0.5) is 0 Å². The van der Waals surface area contributed by atoms with E-state index in [0.717, 1.165) is 44.1 Å². The number of hydrogen-bond donors (Lipinski definition) is 0. The van der Waals surface area contributed by atoms with E-state index < -0.39 is 5.41 Å². The zero-order chi connectivity index (χ0) is 19.6. The smallest absolute Gasteiger partial charge is 0.251 e. The summed E-state index contributed by atoms with van der Waals surface area (Å²) in [5.41, 5.74) is 0.576. The topological polar surface area (TPSA) is 49.9 Å². The first-order valence-electron chi connectivity index (χ1n) is 10.6. The first-order chi connectivity index (χ1) is 13.6. The van der Waals surface area contributed by atoms with Gasteiger partial charge in [-0.3, -0.25) is 9.59 Å². The van der Waals surface area contributed by atoms with Crippen LogP contribution < -0.4 is 0 Å². The largest absolute Gasteiger partial charge is 0.368 e. The molecule has 1 aromatic rings. The minimum Gasteiger partial charge on any atom is -0.368 e. The Morgan fingerprint density at radius 1 is 1.00 bits per heavy atom. The number of hydrogen-bond acceptors (Lipinski definition) is 3. The van der Waals surface area contributed by atoms with Gasteiger partial charge in [0.2, 0.25) is 5.91 Å². The molecule has 152 valence electrons. The Hall–Kier alpha value is -1.59. The maximum Gasteiger partial charge on any atom is 0.251 e. The van der Waals surface area contributed by atoms with Crippen LogP contribution in [0.1, 0.15) is 50.5 Å². The first kappa shape index (κ1) is 19.7. The van der Waals surface area contributed by atoms with Gasteiger partial charge in [0.05, 0.1) is 5.41 Å².